The number of hydrogen-bond donors (Lipinski definition) is 1. The minimum absolute atomic E-state index is 0.226. The SMILES string of the molecule is CN(C)c1cc(NC(=O)OCc2ccccc2)ncc1Br. The Balaban J connectivity index is 1.95. The van der Waals surface area contributed by atoms with Crippen LogP contribution in [0.2, 0.25) is 0 Å². The number of carbonyl (C=O) groups excluding carboxylic acids is 1. The fraction of sp³-hybridized carbons (Fsp3) is 0.200. The fourth-order valence-corrected chi connectivity index (χ4v) is 2.27. The molecule has 110 valence electrons. The molecule has 1 N–H and O–H groups in total. The van der Waals surface area contributed by atoms with E-state index in [9.17, 15) is 4.79 Å². The van der Waals surface area contributed by atoms with Gasteiger partial charge in [0.15, 0.2) is 0 Å². The first kappa shape index (κ1) is 15.3. The van der Waals surface area contributed by atoms with Crippen LogP contribution in [-0.4, -0.2) is 25.2 Å². The van der Waals surface area contributed by atoms with Crippen LogP contribution in [0.25, 0.3) is 0 Å². The molecule has 0 saturated carbocycles. The van der Waals surface area contributed by atoms with Gasteiger partial charge in [-0.2, -0.15) is 0 Å². The molecule has 5 nitrogen and oxygen atoms in total. The third kappa shape index (κ3) is 4.46. The molecule has 0 aliphatic heterocycles. The van der Waals surface area contributed by atoms with Gasteiger partial charge in [-0.05, 0) is 21.5 Å². The minimum atomic E-state index is -0.529. The highest BCUT2D eigenvalue weighted by Gasteiger charge is 2.08. The number of rotatable bonds is 4. The summed E-state index contributed by atoms with van der Waals surface area (Å²) in [5, 5.41) is 2.61. The number of anilines is 2. The molecule has 6 heteroatoms. The van der Waals surface area contributed by atoms with Gasteiger partial charge in [0.25, 0.3) is 0 Å². The van der Waals surface area contributed by atoms with Crippen LogP contribution < -0.4 is 10.2 Å². The van der Waals surface area contributed by atoms with E-state index in [4.69, 9.17) is 4.74 Å². The van der Waals surface area contributed by atoms with E-state index in [0.29, 0.717) is 5.82 Å². The molecule has 1 aromatic heterocycles. The molecule has 1 heterocycles. The van der Waals surface area contributed by atoms with Crippen molar-refractivity contribution in [3.63, 3.8) is 0 Å². The molecule has 0 unspecified atom stereocenters. The maximum Gasteiger partial charge on any atom is 0.413 e. The van der Waals surface area contributed by atoms with E-state index in [1.807, 2.05) is 49.3 Å². The van der Waals surface area contributed by atoms with E-state index >= 15 is 0 Å². The van der Waals surface area contributed by atoms with Crippen molar-refractivity contribution >= 4 is 33.5 Å². The zero-order valence-corrected chi connectivity index (χ0v) is 13.4. The third-order valence-corrected chi connectivity index (χ3v) is 3.37. The van der Waals surface area contributed by atoms with Crippen LogP contribution >= 0.6 is 15.9 Å². The Morgan fingerprint density at radius 2 is 2.05 bits per heavy atom. The molecule has 1 amide bonds. The lowest BCUT2D eigenvalue weighted by molar-refractivity contribution is 0.155. The van der Waals surface area contributed by atoms with Crippen LogP contribution in [0.3, 0.4) is 0 Å². The minimum Gasteiger partial charge on any atom is -0.444 e. The van der Waals surface area contributed by atoms with Crippen molar-refractivity contribution in [1.82, 2.24) is 4.98 Å². The summed E-state index contributed by atoms with van der Waals surface area (Å²) in [6, 6.07) is 11.3. The van der Waals surface area contributed by atoms with Gasteiger partial charge in [0, 0.05) is 26.4 Å². The number of nitrogens with one attached hydrogen (secondary N) is 1. The fourth-order valence-electron chi connectivity index (χ4n) is 1.70. The predicted molar refractivity (Wildman–Crippen MR) is 86.5 cm³/mol. The number of ether oxygens (including phenoxy) is 1. The van der Waals surface area contributed by atoms with Crippen molar-refractivity contribution in [2.24, 2.45) is 0 Å². The number of hydrogen-bond acceptors (Lipinski definition) is 4. The highest BCUT2D eigenvalue weighted by atomic mass is 79.9. The van der Waals surface area contributed by atoms with Crippen LogP contribution in [0.1, 0.15) is 5.56 Å². The number of nitrogens with zero attached hydrogens (tertiary/aromatic N) is 2. The predicted octanol–water partition coefficient (Wildman–Crippen LogP) is 3.66. The first-order valence-corrected chi connectivity index (χ1v) is 7.16. The number of benzene rings is 1. The Kier molecular flexibility index (Phi) is 5.16. The van der Waals surface area contributed by atoms with Crippen LogP contribution in [0, 0.1) is 0 Å². The Morgan fingerprint density at radius 3 is 2.71 bits per heavy atom. The van der Waals surface area contributed by atoms with Gasteiger partial charge in [0.2, 0.25) is 0 Å². The summed E-state index contributed by atoms with van der Waals surface area (Å²) >= 11 is 3.41. The van der Waals surface area contributed by atoms with Crippen molar-refractivity contribution < 1.29 is 9.53 Å². The Hall–Kier alpha value is -2.08. The number of pyridine rings is 1. The quantitative estimate of drug-likeness (QED) is 0.914. The van der Waals surface area contributed by atoms with Crippen LogP contribution in [-0.2, 0) is 11.3 Å². The summed E-state index contributed by atoms with van der Waals surface area (Å²) in [5.74, 6) is 0.444. The number of carbonyl (C=O) groups is 1. The van der Waals surface area contributed by atoms with E-state index in [0.717, 1.165) is 15.7 Å². The Labute approximate surface area is 132 Å². The summed E-state index contributed by atoms with van der Waals surface area (Å²) in [4.78, 5) is 17.8. The van der Waals surface area contributed by atoms with Gasteiger partial charge in [-0.25, -0.2) is 9.78 Å². The normalized spacial score (nSPS) is 10.0. The van der Waals surface area contributed by atoms with Crippen LogP contribution in [0.4, 0.5) is 16.3 Å². The molecule has 0 saturated heterocycles. The van der Waals surface area contributed by atoms with Gasteiger partial charge in [-0.15, -0.1) is 0 Å². The summed E-state index contributed by atoms with van der Waals surface area (Å²) in [6.07, 6.45) is 1.11. The molecule has 0 spiro atoms. The lowest BCUT2D eigenvalue weighted by Gasteiger charge is -2.15. The van der Waals surface area contributed by atoms with E-state index in [-0.39, 0.29) is 6.61 Å². The summed E-state index contributed by atoms with van der Waals surface area (Å²) in [7, 11) is 3.83. The standard InChI is InChI=1S/C15H16BrN3O2/c1-19(2)13-8-14(17-9-12(13)16)18-15(20)21-10-11-6-4-3-5-7-11/h3-9H,10H2,1-2H3,(H,17,18,20). The Morgan fingerprint density at radius 1 is 1.33 bits per heavy atom. The molecular weight excluding hydrogens is 334 g/mol. The lowest BCUT2D eigenvalue weighted by Crippen LogP contribution is -2.16. The van der Waals surface area contributed by atoms with Gasteiger partial charge >= 0.3 is 6.09 Å². The first-order chi connectivity index (χ1) is 10.1. The molecule has 0 fully saturated rings. The highest BCUT2D eigenvalue weighted by Crippen LogP contribution is 2.26. The second-order valence-corrected chi connectivity index (χ2v) is 5.46. The van der Waals surface area contributed by atoms with Crippen molar-refractivity contribution in [2.75, 3.05) is 24.3 Å². The first-order valence-electron chi connectivity index (χ1n) is 6.37. The maximum absolute atomic E-state index is 11.8. The number of amides is 1. The second kappa shape index (κ2) is 7.08. The van der Waals surface area contributed by atoms with Gasteiger partial charge in [-0.1, -0.05) is 30.3 Å². The third-order valence-electron chi connectivity index (χ3n) is 2.76. The average molecular weight is 350 g/mol. The molecule has 2 aromatic rings. The smallest absolute Gasteiger partial charge is 0.413 e. The van der Waals surface area contributed by atoms with Crippen LogP contribution in [0.5, 0.6) is 0 Å². The number of aromatic nitrogens is 1. The van der Waals surface area contributed by atoms with E-state index in [1.54, 1.807) is 12.3 Å². The van der Waals surface area contributed by atoms with E-state index < -0.39 is 6.09 Å². The molecule has 1 aromatic carbocycles. The number of halogens is 1. The zero-order chi connectivity index (χ0) is 15.2. The largest absolute Gasteiger partial charge is 0.444 e. The van der Waals surface area contributed by atoms with Gasteiger partial charge in [0.05, 0.1) is 10.2 Å². The highest BCUT2D eigenvalue weighted by molar-refractivity contribution is 9.10. The van der Waals surface area contributed by atoms with Gasteiger partial charge in [-0.3, -0.25) is 5.32 Å². The Bertz CT molecular complexity index is 618. The van der Waals surface area contributed by atoms with Crippen molar-refractivity contribution in [3.05, 3.63) is 52.6 Å². The molecule has 21 heavy (non-hydrogen) atoms. The maximum atomic E-state index is 11.8. The summed E-state index contributed by atoms with van der Waals surface area (Å²) in [6.45, 7) is 0.226. The molecule has 0 bridgehead atoms. The molecule has 0 aliphatic rings. The molecule has 0 atom stereocenters. The summed E-state index contributed by atoms with van der Waals surface area (Å²) < 4.78 is 6.00. The van der Waals surface area contributed by atoms with Gasteiger partial charge in [0.1, 0.15) is 12.4 Å². The van der Waals surface area contributed by atoms with E-state index in [1.165, 1.54) is 0 Å². The van der Waals surface area contributed by atoms with Gasteiger partial charge < -0.3 is 9.64 Å². The van der Waals surface area contributed by atoms with Crippen LogP contribution in [0.15, 0.2) is 47.1 Å². The monoisotopic (exact) mass is 349 g/mol. The molecular formula is C15H16BrN3O2. The van der Waals surface area contributed by atoms with Crippen molar-refractivity contribution in [2.45, 2.75) is 6.61 Å². The molecule has 0 aliphatic carbocycles. The topological polar surface area (TPSA) is 54.5 Å². The van der Waals surface area contributed by atoms with Crippen molar-refractivity contribution in [3.8, 4) is 0 Å². The zero-order valence-electron chi connectivity index (χ0n) is 11.8. The second-order valence-electron chi connectivity index (χ2n) is 4.60. The lowest BCUT2D eigenvalue weighted by atomic mass is 10.2. The van der Waals surface area contributed by atoms with Crippen molar-refractivity contribution in [1.29, 1.82) is 0 Å². The van der Waals surface area contributed by atoms with E-state index in [2.05, 4.69) is 26.2 Å². The summed E-state index contributed by atoms with van der Waals surface area (Å²) in [5.41, 5.74) is 1.86. The molecule has 2 rings (SSSR count). The average Bonchev–Trinajstić information content (AvgIpc) is 2.48. The molecule has 0 radical (unpaired) electrons.